The lowest BCUT2D eigenvalue weighted by atomic mass is 10.1. The molecule has 1 amide bonds. The lowest BCUT2D eigenvalue weighted by Crippen LogP contribution is -2.29. The normalized spacial score (nSPS) is 14.1. The molecule has 7 heteroatoms. The molecule has 2 aromatic rings. The van der Waals surface area contributed by atoms with Gasteiger partial charge in [0.25, 0.3) is 11.7 Å². The van der Waals surface area contributed by atoms with Crippen molar-refractivity contribution in [1.82, 2.24) is 0 Å². The van der Waals surface area contributed by atoms with Crippen LogP contribution in [0, 0.1) is 6.92 Å². The second-order valence-electron chi connectivity index (χ2n) is 5.43. The maximum absolute atomic E-state index is 12.1. The molecule has 0 unspecified atom stereocenters. The Morgan fingerprint density at radius 2 is 1.71 bits per heavy atom. The number of ether oxygens (including phenoxy) is 1. The first-order valence-electron chi connectivity index (χ1n) is 7.06. The van der Waals surface area contributed by atoms with Gasteiger partial charge in [-0.3, -0.25) is 9.59 Å². The van der Waals surface area contributed by atoms with Gasteiger partial charge in [-0.05, 0) is 36.8 Å². The monoisotopic (exact) mass is 335 g/mol. The van der Waals surface area contributed by atoms with Crippen LogP contribution in [0.15, 0.2) is 42.5 Å². The number of nitrogens with zero attached hydrogens (tertiary/aromatic N) is 1. The highest BCUT2D eigenvalue weighted by atomic mass is 19.4. The number of benzene rings is 2. The van der Waals surface area contributed by atoms with Crippen LogP contribution in [0.1, 0.15) is 21.5 Å². The number of ketones is 1. The summed E-state index contributed by atoms with van der Waals surface area (Å²) >= 11 is 0. The molecule has 0 N–H and O–H groups in total. The maximum Gasteiger partial charge on any atom is 0.573 e. The summed E-state index contributed by atoms with van der Waals surface area (Å²) in [5.41, 5.74) is 2.30. The first-order chi connectivity index (χ1) is 11.2. The standard InChI is InChI=1S/C17H12F3NO3/c1-10-2-7-14-13(8-10)15(22)16(23)21(14)9-11-3-5-12(6-4-11)24-17(18,19)20/h2-8H,9H2,1H3. The summed E-state index contributed by atoms with van der Waals surface area (Å²) in [4.78, 5) is 25.5. The third-order valence-electron chi connectivity index (χ3n) is 3.62. The van der Waals surface area contributed by atoms with Crippen molar-refractivity contribution in [3.63, 3.8) is 0 Å². The van der Waals surface area contributed by atoms with E-state index in [0.717, 1.165) is 5.56 Å². The number of hydrogen-bond acceptors (Lipinski definition) is 3. The minimum Gasteiger partial charge on any atom is -0.406 e. The third kappa shape index (κ3) is 3.10. The van der Waals surface area contributed by atoms with E-state index in [-0.39, 0.29) is 12.3 Å². The van der Waals surface area contributed by atoms with Crippen molar-refractivity contribution >= 4 is 17.4 Å². The van der Waals surface area contributed by atoms with E-state index in [1.165, 1.54) is 29.2 Å². The molecule has 2 aromatic carbocycles. The zero-order valence-electron chi connectivity index (χ0n) is 12.6. The van der Waals surface area contributed by atoms with Crippen LogP contribution in [0.3, 0.4) is 0 Å². The highest BCUT2D eigenvalue weighted by Gasteiger charge is 2.35. The van der Waals surface area contributed by atoms with Crippen LogP contribution in [-0.2, 0) is 11.3 Å². The largest absolute Gasteiger partial charge is 0.573 e. The lowest BCUT2D eigenvalue weighted by Gasteiger charge is -2.17. The molecule has 1 heterocycles. The van der Waals surface area contributed by atoms with Crippen LogP contribution < -0.4 is 9.64 Å². The van der Waals surface area contributed by atoms with Gasteiger partial charge in [0.15, 0.2) is 0 Å². The molecule has 24 heavy (non-hydrogen) atoms. The number of fused-ring (bicyclic) bond motifs is 1. The van der Waals surface area contributed by atoms with Crippen molar-refractivity contribution in [3.8, 4) is 5.75 Å². The number of Topliss-reactive ketones (excluding diaryl/α,β-unsaturated/α-hetero) is 1. The van der Waals surface area contributed by atoms with Crippen LogP contribution >= 0.6 is 0 Å². The Kier molecular flexibility index (Phi) is 3.79. The van der Waals surface area contributed by atoms with Gasteiger partial charge in [0.2, 0.25) is 0 Å². The van der Waals surface area contributed by atoms with Gasteiger partial charge in [-0.2, -0.15) is 0 Å². The molecule has 0 fully saturated rings. The molecule has 4 nitrogen and oxygen atoms in total. The van der Waals surface area contributed by atoms with Crippen molar-refractivity contribution in [1.29, 1.82) is 0 Å². The Bertz CT molecular complexity index is 813. The summed E-state index contributed by atoms with van der Waals surface area (Å²) in [6.45, 7) is 1.91. The SMILES string of the molecule is Cc1ccc2c(c1)C(=O)C(=O)N2Cc1ccc(OC(F)(F)F)cc1. The summed E-state index contributed by atoms with van der Waals surface area (Å²) < 4.78 is 40.2. The molecule has 1 aliphatic rings. The van der Waals surface area contributed by atoms with E-state index in [2.05, 4.69) is 4.74 Å². The first kappa shape index (κ1) is 16.0. The average molecular weight is 335 g/mol. The molecule has 0 aromatic heterocycles. The summed E-state index contributed by atoms with van der Waals surface area (Å²) in [5, 5.41) is 0. The van der Waals surface area contributed by atoms with Gasteiger partial charge in [0.1, 0.15) is 5.75 Å². The molecule has 1 aliphatic heterocycles. The highest BCUT2D eigenvalue weighted by molar-refractivity contribution is 6.52. The number of amides is 1. The fraction of sp³-hybridized carbons (Fsp3) is 0.176. The van der Waals surface area contributed by atoms with Crippen molar-refractivity contribution in [2.75, 3.05) is 4.90 Å². The van der Waals surface area contributed by atoms with Crippen molar-refractivity contribution in [3.05, 3.63) is 59.2 Å². The van der Waals surface area contributed by atoms with Crippen molar-refractivity contribution in [2.24, 2.45) is 0 Å². The van der Waals surface area contributed by atoms with Crippen LogP contribution in [-0.4, -0.2) is 18.1 Å². The smallest absolute Gasteiger partial charge is 0.406 e. The number of anilines is 1. The summed E-state index contributed by atoms with van der Waals surface area (Å²) in [6.07, 6.45) is -4.75. The fourth-order valence-corrected chi connectivity index (χ4v) is 2.55. The van der Waals surface area contributed by atoms with E-state index in [9.17, 15) is 22.8 Å². The van der Waals surface area contributed by atoms with Crippen LogP contribution in [0.5, 0.6) is 5.75 Å². The molecular weight excluding hydrogens is 323 g/mol. The second kappa shape index (κ2) is 5.67. The number of alkyl halides is 3. The zero-order chi connectivity index (χ0) is 17.5. The molecular formula is C17H12F3NO3. The van der Waals surface area contributed by atoms with Crippen molar-refractivity contribution < 1.29 is 27.5 Å². The number of aryl methyl sites for hydroxylation is 1. The minimum absolute atomic E-state index is 0.0902. The van der Waals surface area contributed by atoms with Gasteiger partial charge in [-0.1, -0.05) is 23.8 Å². The quantitative estimate of drug-likeness (QED) is 0.805. The van der Waals surface area contributed by atoms with E-state index in [1.807, 2.05) is 6.92 Å². The van der Waals surface area contributed by atoms with Crippen LogP contribution in [0.2, 0.25) is 0 Å². The van der Waals surface area contributed by atoms with Gasteiger partial charge in [-0.25, -0.2) is 0 Å². The van der Waals surface area contributed by atoms with Crippen molar-refractivity contribution in [2.45, 2.75) is 19.8 Å². The summed E-state index contributed by atoms with van der Waals surface area (Å²) in [5.74, 6) is -1.57. The Labute approximate surface area is 135 Å². The second-order valence-corrected chi connectivity index (χ2v) is 5.43. The molecule has 0 spiro atoms. The molecule has 124 valence electrons. The molecule has 0 bridgehead atoms. The predicted octanol–water partition coefficient (Wildman–Crippen LogP) is 3.62. The van der Waals surface area contributed by atoms with Gasteiger partial charge in [-0.15, -0.1) is 13.2 Å². The number of carbonyl (C=O) groups excluding carboxylic acids is 2. The molecule has 0 radical (unpaired) electrons. The van der Waals surface area contributed by atoms with Gasteiger partial charge in [0.05, 0.1) is 17.8 Å². The number of carbonyl (C=O) groups is 2. The zero-order valence-corrected chi connectivity index (χ0v) is 12.6. The Hall–Kier alpha value is -2.83. The van der Waals surface area contributed by atoms with E-state index in [0.29, 0.717) is 16.8 Å². The van der Waals surface area contributed by atoms with Crippen LogP contribution in [0.25, 0.3) is 0 Å². The first-order valence-corrected chi connectivity index (χ1v) is 7.06. The Morgan fingerprint density at radius 3 is 2.33 bits per heavy atom. The van der Waals surface area contributed by atoms with Gasteiger partial charge in [0, 0.05) is 0 Å². The topological polar surface area (TPSA) is 46.6 Å². The minimum atomic E-state index is -4.75. The molecule has 0 saturated carbocycles. The van der Waals surface area contributed by atoms with Gasteiger partial charge >= 0.3 is 6.36 Å². The average Bonchev–Trinajstić information content (AvgIpc) is 2.73. The third-order valence-corrected chi connectivity index (χ3v) is 3.62. The van der Waals surface area contributed by atoms with E-state index < -0.39 is 18.1 Å². The number of rotatable bonds is 3. The van der Waals surface area contributed by atoms with Gasteiger partial charge < -0.3 is 9.64 Å². The van der Waals surface area contributed by atoms with E-state index >= 15 is 0 Å². The highest BCUT2D eigenvalue weighted by Crippen LogP contribution is 2.31. The lowest BCUT2D eigenvalue weighted by molar-refractivity contribution is -0.274. The molecule has 0 atom stereocenters. The summed E-state index contributed by atoms with van der Waals surface area (Å²) in [7, 11) is 0. The molecule has 3 rings (SSSR count). The molecule has 0 saturated heterocycles. The summed E-state index contributed by atoms with van der Waals surface area (Å²) in [6, 6.07) is 10.3. The van der Waals surface area contributed by atoms with Crippen LogP contribution in [0.4, 0.5) is 18.9 Å². The van der Waals surface area contributed by atoms with E-state index in [1.54, 1.807) is 18.2 Å². The number of halogens is 3. The Balaban J connectivity index is 1.82. The number of hydrogen-bond donors (Lipinski definition) is 0. The predicted molar refractivity (Wildman–Crippen MR) is 79.8 cm³/mol. The fourth-order valence-electron chi connectivity index (χ4n) is 2.55. The maximum atomic E-state index is 12.1. The Morgan fingerprint density at radius 1 is 1.04 bits per heavy atom. The van der Waals surface area contributed by atoms with E-state index in [4.69, 9.17) is 0 Å². The molecule has 0 aliphatic carbocycles.